The summed E-state index contributed by atoms with van der Waals surface area (Å²) >= 11 is 0. The van der Waals surface area contributed by atoms with E-state index in [1.54, 1.807) is 7.11 Å². The van der Waals surface area contributed by atoms with Gasteiger partial charge in [-0.25, -0.2) is 0 Å². The summed E-state index contributed by atoms with van der Waals surface area (Å²) in [6.45, 7) is 2.42. The second-order valence-corrected chi connectivity index (χ2v) is 4.22. The number of nitrogens with two attached hydrogens (primary N) is 1. The molecule has 1 amide bonds. The number of carbonyl (C=O) groups is 1. The number of ether oxygens (including phenoxy) is 1. The zero-order valence-electron chi connectivity index (χ0n) is 9.66. The zero-order valence-corrected chi connectivity index (χ0v) is 9.66. The fourth-order valence-corrected chi connectivity index (χ4v) is 2.06. The van der Waals surface area contributed by atoms with Crippen LogP contribution in [-0.2, 0) is 9.53 Å². The van der Waals surface area contributed by atoms with E-state index in [4.69, 9.17) is 10.5 Å². The van der Waals surface area contributed by atoms with Crippen molar-refractivity contribution in [2.24, 2.45) is 11.7 Å². The van der Waals surface area contributed by atoms with Gasteiger partial charge < -0.3 is 15.8 Å². The summed E-state index contributed by atoms with van der Waals surface area (Å²) in [5, 5.41) is 3.05. The van der Waals surface area contributed by atoms with Crippen LogP contribution in [0.4, 0.5) is 0 Å². The van der Waals surface area contributed by atoms with Crippen LogP contribution in [0.2, 0.25) is 0 Å². The van der Waals surface area contributed by atoms with Crippen LogP contribution in [0.25, 0.3) is 0 Å². The summed E-state index contributed by atoms with van der Waals surface area (Å²) < 4.78 is 5.26. The Bertz CT molecular complexity index is 205. The molecule has 0 aromatic heterocycles. The SMILES string of the molecule is CCC(CN)C(=O)NC1CCC(OC)C1. The topological polar surface area (TPSA) is 64.4 Å². The molecule has 1 rings (SSSR count). The largest absolute Gasteiger partial charge is 0.381 e. The van der Waals surface area contributed by atoms with Crippen molar-refractivity contribution in [2.75, 3.05) is 13.7 Å². The van der Waals surface area contributed by atoms with E-state index < -0.39 is 0 Å². The Balaban J connectivity index is 2.32. The zero-order chi connectivity index (χ0) is 11.3. The molecule has 0 saturated heterocycles. The second kappa shape index (κ2) is 6.08. The lowest BCUT2D eigenvalue weighted by molar-refractivity contribution is -0.125. The van der Waals surface area contributed by atoms with E-state index in [0.717, 1.165) is 25.7 Å². The van der Waals surface area contributed by atoms with Crippen LogP contribution in [0, 0.1) is 5.92 Å². The normalized spacial score (nSPS) is 27.7. The van der Waals surface area contributed by atoms with Crippen molar-refractivity contribution in [1.82, 2.24) is 5.32 Å². The Hall–Kier alpha value is -0.610. The Kier molecular flexibility index (Phi) is 5.05. The highest BCUT2D eigenvalue weighted by Gasteiger charge is 2.27. The standard InChI is InChI=1S/C11H22N2O2/c1-3-8(7-12)11(14)13-9-4-5-10(6-9)15-2/h8-10H,3-7,12H2,1-2H3,(H,13,14). The van der Waals surface area contributed by atoms with E-state index in [0.29, 0.717) is 12.6 Å². The highest BCUT2D eigenvalue weighted by Crippen LogP contribution is 2.21. The van der Waals surface area contributed by atoms with Gasteiger partial charge >= 0.3 is 0 Å². The Morgan fingerprint density at radius 2 is 2.33 bits per heavy atom. The third-order valence-electron chi connectivity index (χ3n) is 3.21. The monoisotopic (exact) mass is 214 g/mol. The minimum atomic E-state index is -0.0356. The molecule has 0 aromatic carbocycles. The van der Waals surface area contributed by atoms with Gasteiger partial charge in [0, 0.05) is 25.6 Å². The smallest absolute Gasteiger partial charge is 0.224 e. The number of carbonyl (C=O) groups excluding carboxylic acids is 1. The summed E-state index contributed by atoms with van der Waals surface area (Å²) in [5.74, 6) is 0.0633. The van der Waals surface area contributed by atoms with Gasteiger partial charge in [0.15, 0.2) is 0 Å². The first-order valence-electron chi connectivity index (χ1n) is 5.74. The van der Waals surface area contributed by atoms with Crippen LogP contribution in [0.1, 0.15) is 32.6 Å². The maximum absolute atomic E-state index is 11.7. The van der Waals surface area contributed by atoms with Crippen molar-refractivity contribution in [1.29, 1.82) is 0 Å². The molecule has 88 valence electrons. The van der Waals surface area contributed by atoms with Gasteiger partial charge in [-0.3, -0.25) is 4.79 Å². The number of nitrogens with one attached hydrogen (secondary N) is 1. The molecule has 0 aromatic rings. The van der Waals surface area contributed by atoms with Crippen LogP contribution in [-0.4, -0.2) is 31.7 Å². The lowest BCUT2D eigenvalue weighted by Gasteiger charge is -2.17. The lowest BCUT2D eigenvalue weighted by atomic mass is 10.1. The highest BCUT2D eigenvalue weighted by atomic mass is 16.5. The Morgan fingerprint density at radius 1 is 1.60 bits per heavy atom. The van der Waals surface area contributed by atoms with E-state index in [2.05, 4.69) is 5.32 Å². The fraction of sp³-hybridized carbons (Fsp3) is 0.909. The maximum atomic E-state index is 11.7. The van der Waals surface area contributed by atoms with Gasteiger partial charge in [0.2, 0.25) is 5.91 Å². The molecule has 1 saturated carbocycles. The van der Waals surface area contributed by atoms with Crippen LogP contribution in [0.15, 0.2) is 0 Å². The Labute approximate surface area is 91.5 Å². The van der Waals surface area contributed by atoms with Crippen molar-refractivity contribution in [3.8, 4) is 0 Å². The van der Waals surface area contributed by atoms with E-state index >= 15 is 0 Å². The third-order valence-corrected chi connectivity index (χ3v) is 3.21. The van der Waals surface area contributed by atoms with E-state index in [-0.39, 0.29) is 17.9 Å². The summed E-state index contributed by atoms with van der Waals surface area (Å²) in [6.07, 6.45) is 4.12. The fourth-order valence-electron chi connectivity index (χ4n) is 2.06. The number of rotatable bonds is 5. The quantitative estimate of drug-likeness (QED) is 0.706. The van der Waals surface area contributed by atoms with Crippen LogP contribution >= 0.6 is 0 Å². The molecule has 1 aliphatic rings. The molecular weight excluding hydrogens is 192 g/mol. The highest BCUT2D eigenvalue weighted by molar-refractivity contribution is 5.79. The molecule has 1 aliphatic carbocycles. The van der Waals surface area contributed by atoms with Crippen molar-refractivity contribution in [2.45, 2.75) is 44.8 Å². The van der Waals surface area contributed by atoms with Gasteiger partial charge in [0.1, 0.15) is 0 Å². The van der Waals surface area contributed by atoms with Gasteiger partial charge in [-0.1, -0.05) is 6.92 Å². The number of methoxy groups -OCH3 is 1. The average Bonchev–Trinajstić information content (AvgIpc) is 2.67. The number of hydrogen-bond donors (Lipinski definition) is 2. The molecule has 0 spiro atoms. The molecule has 0 bridgehead atoms. The van der Waals surface area contributed by atoms with E-state index in [1.165, 1.54) is 0 Å². The van der Waals surface area contributed by atoms with Gasteiger partial charge in [0.05, 0.1) is 6.10 Å². The molecule has 4 heteroatoms. The van der Waals surface area contributed by atoms with E-state index in [9.17, 15) is 4.79 Å². The van der Waals surface area contributed by atoms with E-state index in [1.807, 2.05) is 6.92 Å². The molecule has 3 atom stereocenters. The van der Waals surface area contributed by atoms with Gasteiger partial charge in [-0.2, -0.15) is 0 Å². The first-order chi connectivity index (χ1) is 7.21. The van der Waals surface area contributed by atoms with Gasteiger partial charge in [-0.15, -0.1) is 0 Å². The summed E-state index contributed by atoms with van der Waals surface area (Å²) in [5.41, 5.74) is 5.53. The molecular formula is C11H22N2O2. The second-order valence-electron chi connectivity index (χ2n) is 4.22. The molecule has 0 radical (unpaired) electrons. The van der Waals surface area contributed by atoms with Crippen LogP contribution in [0.5, 0.6) is 0 Å². The van der Waals surface area contributed by atoms with Crippen LogP contribution in [0.3, 0.4) is 0 Å². The Morgan fingerprint density at radius 3 is 2.80 bits per heavy atom. The van der Waals surface area contributed by atoms with Crippen LogP contribution < -0.4 is 11.1 Å². The first kappa shape index (κ1) is 12.5. The third kappa shape index (κ3) is 3.47. The molecule has 0 aliphatic heterocycles. The predicted octanol–water partition coefficient (Wildman–Crippen LogP) is 0.655. The molecule has 3 unspecified atom stereocenters. The van der Waals surface area contributed by atoms with Crippen molar-refractivity contribution in [3.05, 3.63) is 0 Å². The summed E-state index contributed by atoms with van der Waals surface area (Å²) in [7, 11) is 1.73. The summed E-state index contributed by atoms with van der Waals surface area (Å²) in [4.78, 5) is 11.7. The van der Waals surface area contributed by atoms with Gasteiger partial charge in [-0.05, 0) is 25.7 Å². The van der Waals surface area contributed by atoms with Crippen molar-refractivity contribution >= 4 is 5.91 Å². The average molecular weight is 214 g/mol. The first-order valence-corrected chi connectivity index (χ1v) is 5.74. The van der Waals surface area contributed by atoms with Crippen molar-refractivity contribution in [3.63, 3.8) is 0 Å². The molecule has 3 N–H and O–H groups in total. The number of amides is 1. The minimum absolute atomic E-state index is 0.0356. The summed E-state index contributed by atoms with van der Waals surface area (Å²) in [6, 6.07) is 0.281. The molecule has 15 heavy (non-hydrogen) atoms. The van der Waals surface area contributed by atoms with Gasteiger partial charge in [0.25, 0.3) is 0 Å². The molecule has 0 heterocycles. The minimum Gasteiger partial charge on any atom is -0.381 e. The number of hydrogen-bond acceptors (Lipinski definition) is 3. The van der Waals surface area contributed by atoms with Crippen molar-refractivity contribution < 1.29 is 9.53 Å². The lowest BCUT2D eigenvalue weighted by Crippen LogP contribution is -2.40. The predicted molar refractivity (Wildman–Crippen MR) is 59.4 cm³/mol. The maximum Gasteiger partial charge on any atom is 0.224 e. The molecule has 1 fully saturated rings. The molecule has 4 nitrogen and oxygen atoms in total.